The summed E-state index contributed by atoms with van der Waals surface area (Å²) in [5, 5.41) is 0.407. The minimum absolute atomic E-state index is 0.00292. The van der Waals surface area contributed by atoms with Crippen molar-refractivity contribution in [3.8, 4) is 0 Å². The predicted octanol–water partition coefficient (Wildman–Crippen LogP) is 0.0363. The van der Waals surface area contributed by atoms with Crippen LogP contribution in [-0.4, -0.2) is 48.0 Å². The average Bonchev–Trinajstić information content (AvgIpc) is 2.81. The maximum absolute atomic E-state index is 11.4. The summed E-state index contributed by atoms with van der Waals surface area (Å²) in [6, 6.07) is 0. The van der Waals surface area contributed by atoms with E-state index >= 15 is 0 Å². The summed E-state index contributed by atoms with van der Waals surface area (Å²) in [4.78, 5) is 60.9. The number of ether oxygens (including phenoxy) is 2. The Balaban J connectivity index is 2.16. The molecule has 9 nitrogen and oxygen atoms in total. The van der Waals surface area contributed by atoms with E-state index in [9.17, 15) is 24.0 Å². The summed E-state index contributed by atoms with van der Waals surface area (Å²) < 4.78 is 9.44. The van der Waals surface area contributed by atoms with Gasteiger partial charge in [0.25, 0.3) is 11.8 Å². The van der Waals surface area contributed by atoms with E-state index in [1.54, 1.807) is 0 Å². The molecule has 126 valence electrons. The molecule has 2 amide bonds. The van der Waals surface area contributed by atoms with Gasteiger partial charge in [-0.05, 0) is 6.92 Å². The molecule has 0 unspecified atom stereocenters. The van der Waals surface area contributed by atoms with Gasteiger partial charge in [0.05, 0.1) is 12.8 Å². The van der Waals surface area contributed by atoms with Crippen molar-refractivity contribution in [3.63, 3.8) is 0 Å². The number of imide groups is 1. The Bertz CT molecular complexity index is 523. The lowest BCUT2D eigenvalue weighted by Crippen LogP contribution is -2.32. The fourth-order valence-electron chi connectivity index (χ4n) is 1.49. The third kappa shape index (κ3) is 6.29. The van der Waals surface area contributed by atoms with E-state index in [0.29, 0.717) is 5.06 Å². The van der Waals surface area contributed by atoms with Crippen molar-refractivity contribution in [2.45, 2.75) is 32.6 Å². The monoisotopic (exact) mass is 327 g/mol. The highest BCUT2D eigenvalue weighted by Crippen LogP contribution is 2.13. The first-order valence-electron chi connectivity index (χ1n) is 6.86. The van der Waals surface area contributed by atoms with Crippen LogP contribution >= 0.6 is 0 Å². The Hall–Kier alpha value is -2.71. The zero-order chi connectivity index (χ0) is 17.4. The van der Waals surface area contributed by atoms with E-state index in [1.807, 2.05) is 0 Å². The molecule has 0 N–H and O–H groups in total. The van der Waals surface area contributed by atoms with Gasteiger partial charge in [-0.25, -0.2) is 9.59 Å². The zero-order valence-corrected chi connectivity index (χ0v) is 12.7. The molecular weight excluding hydrogens is 310 g/mol. The van der Waals surface area contributed by atoms with Gasteiger partial charge in [-0.15, -0.1) is 5.06 Å². The number of carbonyl (C=O) groups excluding carboxylic acids is 5. The van der Waals surface area contributed by atoms with Crippen LogP contribution in [0.3, 0.4) is 0 Å². The number of esters is 2. The zero-order valence-electron chi connectivity index (χ0n) is 12.7. The molecule has 0 spiro atoms. The number of rotatable bonds is 8. The molecule has 0 atom stereocenters. The molecule has 1 fully saturated rings. The molecule has 1 aliphatic heterocycles. The van der Waals surface area contributed by atoms with E-state index in [4.69, 9.17) is 9.47 Å². The number of carbonyl (C=O) groups is 5. The quantitative estimate of drug-likeness (QED) is 0.265. The summed E-state index contributed by atoms with van der Waals surface area (Å²) in [6.07, 6.45) is -0.640. The first-order valence-corrected chi connectivity index (χ1v) is 6.86. The van der Waals surface area contributed by atoms with Crippen molar-refractivity contribution >= 4 is 29.7 Å². The van der Waals surface area contributed by atoms with Crippen LogP contribution in [-0.2, 0) is 38.3 Å². The second-order valence-electron chi connectivity index (χ2n) is 4.68. The minimum atomic E-state index is -0.890. The van der Waals surface area contributed by atoms with Crippen LogP contribution in [0.25, 0.3) is 0 Å². The van der Waals surface area contributed by atoms with Crippen molar-refractivity contribution in [3.05, 3.63) is 12.2 Å². The molecule has 0 aromatic heterocycles. The second-order valence-corrected chi connectivity index (χ2v) is 4.68. The standard InChI is InChI=1S/C14H17NO8/c1-9(2)14(20)22-8-7-21-12(18)5-6-13(19)23-15-10(16)3-4-11(15)17/h1,3-8H2,2H3. The lowest BCUT2D eigenvalue weighted by molar-refractivity contribution is -0.197. The number of hydrogen-bond acceptors (Lipinski definition) is 8. The van der Waals surface area contributed by atoms with Crippen molar-refractivity contribution in [1.82, 2.24) is 5.06 Å². The lowest BCUT2D eigenvalue weighted by atomic mass is 10.3. The summed E-state index contributed by atoms with van der Waals surface area (Å²) in [5.74, 6) is -3.37. The molecule has 1 heterocycles. The largest absolute Gasteiger partial charge is 0.462 e. The second kappa shape index (κ2) is 8.66. The van der Waals surface area contributed by atoms with Gasteiger partial charge in [0, 0.05) is 18.4 Å². The van der Waals surface area contributed by atoms with Crippen molar-refractivity contribution in [2.24, 2.45) is 0 Å². The average molecular weight is 327 g/mol. The number of hydrogen-bond donors (Lipinski definition) is 0. The van der Waals surface area contributed by atoms with Crippen LogP contribution in [0.5, 0.6) is 0 Å². The molecular formula is C14H17NO8. The molecule has 9 heteroatoms. The smallest absolute Gasteiger partial charge is 0.333 e. The Kier molecular flexibility index (Phi) is 6.91. The van der Waals surface area contributed by atoms with Gasteiger partial charge < -0.3 is 14.3 Å². The lowest BCUT2D eigenvalue weighted by Gasteiger charge is -2.12. The van der Waals surface area contributed by atoms with E-state index in [0.717, 1.165) is 0 Å². The SMILES string of the molecule is C=C(C)C(=O)OCCOC(=O)CCC(=O)ON1C(=O)CCC1=O. The van der Waals surface area contributed by atoms with Gasteiger partial charge in [0.1, 0.15) is 13.2 Å². The van der Waals surface area contributed by atoms with Crippen LogP contribution in [0.1, 0.15) is 32.6 Å². The Morgan fingerprint density at radius 3 is 2.09 bits per heavy atom. The highest BCUT2D eigenvalue weighted by Gasteiger charge is 2.32. The highest BCUT2D eigenvalue weighted by atomic mass is 16.7. The molecule has 1 aliphatic rings. The molecule has 0 saturated carbocycles. The van der Waals surface area contributed by atoms with Gasteiger partial charge in [-0.3, -0.25) is 14.4 Å². The molecule has 0 aromatic carbocycles. The van der Waals surface area contributed by atoms with Crippen LogP contribution in [0.15, 0.2) is 12.2 Å². The van der Waals surface area contributed by atoms with E-state index in [1.165, 1.54) is 6.92 Å². The molecule has 0 bridgehead atoms. The topological polar surface area (TPSA) is 116 Å². The Morgan fingerprint density at radius 1 is 1.00 bits per heavy atom. The number of amides is 2. The Labute approximate surface area is 132 Å². The van der Waals surface area contributed by atoms with Gasteiger partial charge >= 0.3 is 17.9 Å². The summed E-state index contributed by atoms with van der Waals surface area (Å²) >= 11 is 0. The van der Waals surface area contributed by atoms with Crippen molar-refractivity contribution < 1.29 is 38.3 Å². The predicted molar refractivity (Wildman–Crippen MR) is 73.1 cm³/mol. The van der Waals surface area contributed by atoms with Crippen molar-refractivity contribution in [2.75, 3.05) is 13.2 Å². The van der Waals surface area contributed by atoms with Crippen LogP contribution < -0.4 is 0 Å². The third-order valence-corrected chi connectivity index (χ3v) is 2.66. The van der Waals surface area contributed by atoms with E-state index < -0.39 is 29.7 Å². The van der Waals surface area contributed by atoms with Gasteiger partial charge in [0.15, 0.2) is 0 Å². The normalized spacial score (nSPS) is 13.7. The van der Waals surface area contributed by atoms with Crippen LogP contribution in [0.2, 0.25) is 0 Å². The van der Waals surface area contributed by atoms with E-state index in [-0.39, 0.29) is 44.5 Å². The molecule has 0 aliphatic carbocycles. The highest BCUT2D eigenvalue weighted by molar-refractivity contribution is 6.01. The fourth-order valence-corrected chi connectivity index (χ4v) is 1.49. The van der Waals surface area contributed by atoms with Crippen LogP contribution in [0.4, 0.5) is 0 Å². The van der Waals surface area contributed by atoms with Crippen molar-refractivity contribution in [1.29, 1.82) is 0 Å². The molecule has 1 saturated heterocycles. The van der Waals surface area contributed by atoms with Crippen LogP contribution in [0, 0.1) is 0 Å². The van der Waals surface area contributed by atoms with Gasteiger partial charge in [0.2, 0.25) is 0 Å². The molecule has 23 heavy (non-hydrogen) atoms. The summed E-state index contributed by atoms with van der Waals surface area (Å²) in [6.45, 7) is 4.58. The maximum Gasteiger partial charge on any atom is 0.333 e. The fraction of sp³-hybridized carbons (Fsp3) is 0.500. The van der Waals surface area contributed by atoms with Gasteiger partial charge in [-0.2, -0.15) is 0 Å². The number of hydroxylamine groups is 2. The number of nitrogens with zero attached hydrogens (tertiary/aromatic N) is 1. The summed E-state index contributed by atoms with van der Waals surface area (Å²) in [5.41, 5.74) is 0.227. The minimum Gasteiger partial charge on any atom is -0.462 e. The first kappa shape index (κ1) is 18.3. The molecule has 0 aromatic rings. The van der Waals surface area contributed by atoms with E-state index in [2.05, 4.69) is 11.4 Å². The first-order chi connectivity index (χ1) is 10.8. The maximum atomic E-state index is 11.4. The third-order valence-electron chi connectivity index (χ3n) is 2.66. The van der Waals surface area contributed by atoms with Gasteiger partial charge in [-0.1, -0.05) is 6.58 Å². The molecule has 0 radical (unpaired) electrons. The summed E-state index contributed by atoms with van der Waals surface area (Å²) in [7, 11) is 0. The Morgan fingerprint density at radius 2 is 1.52 bits per heavy atom. The molecule has 1 rings (SSSR count).